The number of anilines is 1. The molecule has 0 radical (unpaired) electrons. The Hall–Kier alpha value is -3.26. The molecule has 1 amide bonds. The van der Waals surface area contributed by atoms with Gasteiger partial charge in [-0.15, -0.1) is 0 Å². The van der Waals surface area contributed by atoms with E-state index in [1.165, 1.54) is 6.21 Å². The number of amides is 1. The first-order chi connectivity index (χ1) is 19.0. The maximum Gasteiger partial charge on any atom is 0.224 e. The number of hydrogen-bond acceptors (Lipinski definition) is 7. The Morgan fingerprint density at radius 3 is 2.64 bits per heavy atom. The van der Waals surface area contributed by atoms with Gasteiger partial charge in [-0.05, 0) is 87.5 Å². The predicted molar refractivity (Wildman–Crippen MR) is 155 cm³/mol. The van der Waals surface area contributed by atoms with Crippen molar-refractivity contribution in [1.82, 2.24) is 15.2 Å². The molecule has 3 N–H and O–H groups in total. The van der Waals surface area contributed by atoms with Crippen LogP contribution in [0.15, 0.2) is 47.2 Å². The van der Waals surface area contributed by atoms with Crippen molar-refractivity contribution < 1.29 is 14.0 Å². The largest absolute Gasteiger partial charge is 0.438 e. The maximum atomic E-state index is 13.4. The summed E-state index contributed by atoms with van der Waals surface area (Å²) < 4.78 is 6.20. The van der Waals surface area contributed by atoms with E-state index in [4.69, 9.17) is 9.83 Å². The SMILES string of the molecule is CCC(=O)CCCCC[C@H](NC(=O)[C@H]1CC12CCN(CC)CC2)c1ncc(-c2ccc(N/C=C\C=N)cc2)o1. The normalized spacial score (nSPS) is 19.2. The number of unbranched alkanes of at least 4 members (excludes halogenated alkanes) is 2. The van der Waals surface area contributed by atoms with Gasteiger partial charge >= 0.3 is 0 Å². The van der Waals surface area contributed by atoms with E-state index in [0.29, 0.717) is 30.3 Å². The van der Waals surface area contributed by atoms with Crippen molar-refractivity contribution in [2.45, 2.75) is 77.7 Å². The fraction of sp³-hybridized carbons (Fsp3) is 0.548. The molecular weight excluding hydrogens is 490 g/mol. The standard InChI is InChI=1S/C31H43N5O3/c1-3-25(37)9-6-5-7-10-27(35-29(38)26-21-31(26)15-19-36(4-2)20-16-31)30-34-22-28(39-30)23-11-13-24(14-12-23)33-18-8-17-32/h8,11-14,17-18,22,26-27,32-33H,3-7,9-10,15-16,19-21H2,1-2H3,(H,35,38)/b18-8-,32-17?/t26-,27+/m1/s1. The summed E-state index contributed by atoms with van der Waals surface area (Å²) in [6, 6.07) is 7.52. The third kappa shape index (κ3) is 7.66. The van der Waals surface area contributed by atoms with Gasteiger partial charge in [0.15, 0.2) is 5.76 Å². The van der Waals surface area contributed by atoms with Crippen molar-refractivity contribution in [3.8, 4) is 11.3 Å². The molecule has 2 heterocycles. The first kappa shape index (κ1) is 28.7. The van der Waals surface area contributed by atoms with Crippen LogP contribution < -0.4 is 10.6 Å². The molecule has 1 saturated carbocycles. The van der Waals surface area contributed by atoms with Crippen LogP contribution in [-0.4, -0.2) is 47.4 Å². The number of allylic oxidation sites excluding steroid dienone is 1. The topological polar surface area (TPSA) is 111 Å². The van der Waals surface area contributed by atoms with Gasteiger partial charge < -0.3 is 25.4 Å². The minimum Gasteiger partial charge on any atom is -0.438 e. The summed E-state index contributed by atoms with van der Waals surface area (Å²) in [6.45, 7) is 7.34. The molecule has 0 bridgehead atoms. The van der Waals surface area contributed by atoms with Gasteiger partial charge in [-0.2, -0.15) is 0 Å². The number of hydrogen-bond donors (Lipinski definition) is 3. The number of benzene rings is 1. The summed E-state index contributed by atoms with van der Waals surface area (Å²) >= 11 is 0. The summed E-state index contributed by atoms with van der Waals surface area (Å²) in [5.74, 6) is 1.71. The number of Topliss-reactive ketones (excluding diaryl/α,β-unsaturated/α-hetero) is 1. The van der Waals surface area contributed by atoms with Gasteiger partial charge in [-0.1, -0.05) is 26.7 Å². The molecule has 2 aromatic rings. The third-order valence-electron chi connectivity index (χ3n) is 8.40. The number of oxazole rings is 1. The van der Waals surface area contributed by atoms with E-state index in [1.54, 1.807) is 18.5 Å². The number of likely N-dealkylation sites (tertiary alicyclic amines) is 1. The van der Waals surface area contributed by atoms with E-state index in [1.807, 2.05) is 31.2 Å². The van der Waals surface area contributed by atoms with Crippen molar-refractivity contribution in [2.75, 3.05) is 25.0 Å². The van der Waals surface area contributed by atoms with Crippen molar-refractivity contribution in [3.05, 3.63) is 48.6 Å². The van der Waals surface area contributed by atoms with Gasteiger partial charge in [0.1, 0.15) is 11.8 Å². The summed E-state index contributed by atoms with van der Waals surface area (Å²) in [7, 11) is 0. The fourth-order valence-corrected chi connectivity index (χ4v) is 5.64. The molecule has 8 nitrogen and oxygen atoms in total. The highest BCUT2D eigenvalue weighted by atomic mass is 16.4. The Labute approximate surface area is 232 Å². The van der Waals surface area contributed by atoms with Crippen molar-refractivity contribution in [2.24, 2.45) is 11.3 Å². The second kappa shape index (κ2) is 13.7. The van der Waals surface area contributed by atoms with Gasteiger partial charge in [-0.25, -0.2) is 4.98 Å². The summed E-state index contributed by atoms with van der Waals surface area (Å²) in [4.78, 5) is 32.1. The van der Waals surface area contributed by atoms with Gasteiger partial charge in [0.05, 0.1) is 6.20 Å². The second-order valence-electron chi connectivity index (χ2n) is 10.9. The van der Waals surface area contributed by atoms with Gasteiger partial charge in [0.25, 0.3) is 0 Å². The van der Waals surface area contributed by atoms with Crippen LogP contribution >= 0.6 is 0 Å². The van der Waals surface area contributed by atoms with Crippen LogP contribution in [0.4, 0.5) is 5.69 Å². The lowest BCUT2D eigenvalue weighted by molar-refractivity contribution is -0.124. The molecule has 2 fully saturated rings. The molecule has 1 saturated heterocycles. The van der Waals surface area contributed by atoms with Crippen LogP contribution in [0.3, 0.4) is 0 Å². The highest BCUT2D eigenvalue weighted by Gasteiger charge is 2.58. The highest BCUT2D eigenvalue weighted by molar-refractivity contribution is 5.83. The van der Waals surface area contributed by atoms with E-state index >= 15 is 0 Å². The average Bonchev–Trinajstić information content (AvgIpc) is 3.43. The van der Waals surface area contributed by atoms with E-state index in [2.05, 4.69) is 27.4 Å². The molecule has 4 rings (SSSR count). The minimum atomic E-state index is -0.284. The zero-order valence-corrected chi connectivity index (χ0v) is 23.4. The number of ketones is 1. The Kier molecular flexibility index (Phi) is 10.1. The van der Waals surface area contributed by atoms with E-state index < -0.39 is 0 Å². The number of nitrogens with one attached hydrogen (secondary N) is 3. The molecular formula is C31H43N5O3. The van der Waals surface area contributed by atoms with Crippen LogP contribution in [0.1, 0.15) is 83.6 Å². The lowest BCUT2D eigenvalue weighted by Crippen LogP contribution is -2.37. The van der Waals surface area contributed by atoms with Crippen LogP contribution in [-0.2, 0) is 9.59 Å². The molecule has 2 aliphatic rings. The maximum absolute atomic E-state index is 13.4. The molecule has 1 aliphatic heterocycles. The van der Waals surface area contributed by atoms with Crippen LogP contribution in [0.25, 0.3) is 11.3 Å². The van der Waals surface area contributed by atoms with Crippen molar-refractivity contribution in [3.63, 3.8) is 0 Å². The zero-order valence-electron chi connectivity index (χ0n) is 23.4. The number of aromatic nitrogens is 1. The molecule has 1 aromatic heterocycles. The lowest BCUT2D eigenvalue weighted by atomic mass is 9.90. The Bertz CT molecular complexity index is 1130. The third-order valence-corrected chi connectivity index (χ3v) is 8.40. The molecule has 210 valence electrons. The lowest BCUT2D eigenvalue weighted by Gasteiger charge is -2.32. The molecule has 1 aliphatic carbocycles. The highest BCUT2D eigenvalue weighted by Crippen LogP contribution is 2.59. The minimum absolute atomic E-state index is 0.0809. The molecule has 8 heteroatoms. The van der Waals surface area contributed by atoms with E-state index in [-0.39, 0.29) is 23.3 Å². The zero-order chi connectivity index (χ0) is 27.7. The first-order valence-corrected chi connectivity index (χ1v) is 14.5. The smallest absolute Gasteiger partial charge is 0.224 e. The number of piperidine rings is 1. The quantitative estimate of drug-likeness (QED) is 0.188. The Morgan fingerprint density at radius 2 is 1.95 bits per heavy atom. The van der Waals surface area contributed by atoms with Crippen LogP contribution in [0.2, 0.25) is 0 Å². The number of nitrogens with zero attached hydrogens (tertiary/aromatic N) is 2. The summed E-state index contributed by atoms with van der Waals surface area (Å²) in [5, 5.41) is 13.5. The molecule has 1 aromatic carbocycles. The van der Waals surface area contributed by atoms with Gasteiger partial charge in [0, 0.05) is 42.4 Å². The molecule has 39 heavy (non-hydrogen) atoms. The number of rotatable bonds is 15. The van der Waals surface area contributed by atoms with E-state index in [0.717, 1.165) is 75.8 Å². The molecule has 0 unspecified atom stereocenters. The fourth-order valence-electron chi connectivity index (χ4n) is 5.64. The molecule has 2 atom stereocenters. The van der Waals surface area contributed by atoms with Crippen molar-refractivity contribution >= 4 is 23.6 Å². The van der Waals surface area contributed by atoms with Crippen molar-refractivity contribution in [1.29, 1.82) is 5.41 Å². The van der Waals surface area contributed by atoms with Crippen LogP contribution in [0.5, 0.6) is 0 Å². The first-order valence-electron chi connectivity index (χ1n) is 14.5. The average molecular weight is 534 g/mol. The van der Waals surface area contributed by atoms with E-state index in [9.17, 15) is 9.59 Å². The van der Waals surface area contributed by atoms with Gasteiger partial charge in [-0.3, -0.25) is 9.59 Å². The summed E-state index contributed by atoms with van der Waals surface area (Å²) in [5.41, 5.74) is 1.99. The number of carbonyl (C=O) groups excluding carboxylic acids is 2. The second-order valence-corrected chi connectivity index (χ2v) is 10.9. The summed E-state index contributed by atoms with van der Waals surface area (Å²) in [6.07, 6.45) is 14.1. The Morgan fingerprint density at radius 1 is 1.18 bits per heavy atom. The monoisotopic (exact) mass is 533 g/mol. The van der Waals surface area contributed by atoms with Gasteiger partial charge in [0.2, 0.25) is 11.8 Å². The van der Waals surface area contributed by atoms with Crippen LogP contribution in [0, 0.1) is 16.7 Å². The number of carbonyl (C=O) groups is 2. The predicted octanol–water partition coefficient (Wildman–Crippen LogP) is 6.13. The molecule has 1 spiro atoms. The Balaban J connectivity index is 1.40.